The van der Waals surface area contributed by atoms with Crippen molar-refractivity contribution in [3.8, 4) is 5.06 Å². The number of carbonyl (C=O) groups is 1. The predicted octanol–water partition coefficient (Wildman–Crippen LogP) is 3.93. The molecule has 2 N–H and O–H groups in total. The minimum Gasteiger partial charge on any atom is -0.487 e. The summed E-state index contributed by atoms with van der Waals surface area (Å²) in [5.41, 5.74) is 3.39. The number of rotatable bonds is 4. The molecule has 0 saturated carbocycles. The number of carboxylic acid groups (broad SMARTS) is 1. The third-order valence-electron chi connectivity index (χ3n) is 5.65. The first-order valence-electron chi connectivity index (χ1n) is 10.1. The lowest BCUT2D eigenvalue weighted by molar-refractivity contribution is -0.148. The molecule has 0 bridgehead atoms. The highest BCUT2D eigenvalue weighted by atomic mass is 32.1. The van der Waals surface area contributed by atoms with Crippen molar-refractivity contribution >= 4 is 39.5 Å². The molecule has 2 aliphatic heterocycles. The summed E-state index contributed by atoms with van der Waals surface area (Å²) in [6.07, 6.45) is 0. The van der Waals surface area contributed by atoms with Gasteiger partial charge in [0.05, 0.1) is 29.5 Å². The normalized spacial score (nSPS) is 16.8. The lowest BCUT2D eigenvalue weighted by atomic mass is 9.93. The fourth-order valence-corrected chi connectivity index (χ4v) is 4.74. The topological polar surface area (TPSA) is 77.4 Å². The Hall–Kier alpha value is -2.58. The maximum absolute atomic E-state index is 11.5. The van der Waals surface area contributed by atoms with E-state index in [0.29, 0.717) is 6.54 Å². The molecule has 1 fully saturated rings. The Morgan fingerprint density at radius 1 is 1.27 bits per heavy atom. The Bertz CT molecular complexity index is 990. The molecule has 0 spiro atoms. The van der Waals surface area contributed by atoms with Crippen molar-refractivity contribution in [2.24, 2.45) is 10.4 Å². The van der Waals surface area contributed by atoms with Crippen molar-refractivity contribution in [3.05, 3.63) is 35.4 Å². The number of aliphatic carboxylic acids is 1. The molecular weight excluding hydrogens is 400 g/mol. The van der Waals surface area contributed by atoms with Crippen LogP contribution in [0.25, 0.3) is 0 Å². The number of thiophene rings is 1. The summed E-state index contributed by atoms with van der Waals surface area (Å²) >= 11 is 1.58. The molecule has 1 aromatic carbocycles. The lowest BCUT2D eigenvalue weighted by Gasteiger charge is -2.38. The van der Waals surface area contributed by atoms with Crippen LogP contribution in [0.2, 0.25) is 0 Å². The SMILES string of the molecule is COc1cc2c(s1)Nc1cc(C)ccc1N=C2N1CCN(CC(C)(C)C(=O)O)CC1. The standard InChI is InChI=1S/C22H28N4O3S/c1-14-5-6-16-17(11-14)24-20-15(12-18(29-4)30-20)19(23-16)26-9-7-25(8-10-26)13-22(2,3)21(27)28/h5-6,11-12,24H,7-10,13H2,1-4H3,(H,27,28). The number of hydrogen-bond acceptors (Lipinski definition) is 7. The van der Waals surface area contributed by atoms with Crippen molar-refractivity contribution in [2.75, 3.05) is 45.2 Å². The summed E-state index contributed by atoms with van der Waals surface area (Å²) in [6, 6.07) is 8.29. The summed E-state index contributed by atoms with van der Waals surface area (Å²) < 4.78 is 5.49. The van der Waals surface area contributed by atoms with E-state index in [1.54, 1.807) is 32.3 Å². The Balaban J connectivity index is 1.60. The second kappa shape index (κ2) is 7.92. The van der Waals surface area contributed by atoms with Crippen LogP contribution in [0.3, 0.4) is 0 Å². The number of ether oxygens (including phenoxy) is 1. The van der Waals surface area contributed by atoms with Gasteiger partial charge >= 0.3 is 5.97 Å². The zero-order chi connectivity index (χ0) is 21.5. The average Bonchev–Trinajstić information content (AvgIpc) is 3.04. The Morgan fingerprint density at radius 3 is 2.67 bits per heavy atom. The molecule has 1 saturated heterocycles. The van der Waals surface area contributed by atoms with Crippen LogP contribution in [-0.2, 0) is 4.79 Å². The molecule has 2 aliphatic rings. The summed E-state index contributed by atoms with van der Waals surface area (Å²) in [5.74, 6) is 0.183. The van der Waals surface area contributed by atoms with Gasteiger partial charge in [0.1, 0.15) is 10.8 Å². The molecule has 0 aliphatic carbocycles. The lowest BCUT2D eigenvalue weighted by Crippen LogP contribution is -2.52. The van der Waals surface area contributed by atoms with Crippen LogP contribution < -0.4 is 10.1 Å². The fourth-order valence-electron chi connectivity index (χ4n) is 3.86. The van der Waals surface area contributed by atoms with Gasteiger partial charge in [-0.25, -0.2) is 4.99 Å². The minimum absolute atomic E-state index is 0.545. The van der Waals surface area contributed by atoms with E-state index in [1.807, 2.05) is 6.07 Å². The molecule has 0 radical (unpaired) electrons. The molecule has 4 rings (SSSR count). The van der Waals surface area contributed by atoms with E-state index in [0.717, 1.165) is 59.0 Å². The Labute approximate surface area is 181 Å². The quantitative estimate of drug-likeness (QED) is 0.768. The molecule has 1 aromatic heterocycles. The Morgan fingerprint density at radius 2 is 2.00 bits per heavy atom. The van der Waals surface area contributed by atoms with E-state index in [2.05, 4.69) is 40.2 Å². The predicted molar refractivity (Wildman–Crippen MR) is 121 cm³/mol. The monoisotopic (exact) mass is 428 g/mol. The van der Waals surface area contributed by atoms with Gasteiger partial charge < -0.3 is 20.1 Å². The highest BCUT2D eigenvalue weighted by Gasteiger charge is 2.32. The molecular formula is C22H28N4O3S. The number of nitrogens with zero attached hydrogens (tertiary/aromatic N) is 3. The van der Waals surface area contributed by atoms with Gasteiger partial charge in [-0.15, -0.1) is 0 Å². The number of benzene rings is 1. The largest absolute Gasteiger partial charge is 0.487 e. The van der Waals surface area contributed by atoms with Crippen LogP contribution in [0.1, 0.15) is 25.0 Å². The highest BCUT2D eigenvalue weighted by Crippen LogP contribution is 2.42. The third kappa shape index (κ3) is 4.02. The molecule has 30 heavy (non-hydrogen) atoms. The molecule has 0 unspecified atom stereocenters. The first kappa shape index (κ1) is 20.7. The van der Waals surface area contributed by atoms with Crippen molar-refractivity contribution in [1.29, 1.82) is 0 Å². The van der Waals surface area contributed by atoms with Gasteiger partial charge in [0.2, 0.25) is 0 Å². The van der Waals surface area contributed by atoms with E-state index >= 15 is 0 Å². The maximum Gasteiger partial charge on any atom is 0.310 e. The summed E-state index contributed by atoms with van der Waals surface area (Å²) in [4.78, 5) is 21.0. The zero-order valence-corrected chi connectivity index (χ0v) is 18.7. The van der Waals surface area contributed by atoms with Gasteiger partial charge in [0, 0.05) is 38.8 Å². The van der Waals surface area contributed by atoms with Gasteiger partial charge in [0.15, 0.2) is 5.06 Å². The fraction of sp³-hybridized carbons (Fsp3) is 0.455. The van der Waals surface area contributed by atoms with Crippen LogP contribution in [-0.4, -0.2) is 66.5 Å². The van der Waals surface area contributed by atoms with Gasteiger partial charge in [-0.1, -0.05) is 17.4 Å². The second-order valence-corrected chi connectivity index (χ2v) is 9.56. The highest BCUT2D eigenvalue weighted by molar-refractivity contribution is 7.18. The summed E-state index contributed by atoms with van der Waals surface area (Å²) in [7, 11) is 1.68. The smallest absolute Gasteiger partial charge is 0.310 e. The number of anilines is 2. The van der Waals surface area contributed by atoms with E-state index in [9.17, 15) is 9.90 Å². The number of piperazine rings is 1. The number of carboxylic acids is 1. The molecule has 0 atom stereocenters. The number of hydrogen-bond donors (Lipinski definition) is 2. The average molecular weight is 429 g/mol. The van der Waals surface area contributed by atoms with Gasteiger partial charge in [-0.2, -0.15) is 0 Å². The van der Waals surface area contributed by atoms with Crippen LogP contribution in [0, 0.1) is 12.3 Å². The van der Waals surface area contributed by atoms with Crippen LogP contribution in [0.5, 0.6) is 5.06 Å². The number of methoxy groups -OCH3 is 1. The van der Waals surface area contributed by atoms with Crippen molar-refractivity contribution in [3.63, 3.8) is 0 Å². The summed E-state index contributed by atoms with van der Waals surface area (Å²) in [6.45, 7) is 9.40. The van der Waals surface area contributed by atoms with Crippen LogP contribution >= 0.6 is 11.3 Å². The summed E-state index contributed by atoms with van der Waals surface area (Å²) in [5, 5.41) is 14.9. The van der Waals surface area contributed by atoms with E-state index in [-0.39, 0.29) is 0 Å². The van der Waals surface area contributed by atoms with Gasteiger partial charge in [-0.05, 0) is 38.5 Å². The Kier molecular flexibility index (Phi) is 5.46. The third-order valence-corrected chi connectivity index (χ3v) is 6.66. The van der Waals surface area contributed by atoms with Gasteiger partial charge in [-0.3, -0.25) is 9.69 Å². The van der Waals surface area contributed by atoms with Crippen molar-refractivity contribution in [2.45, 2.75) is 20.8 Å². The van der Waals surface area contributed by atoms with Crippen LogP contribution in [0.15, 0.2) is 29.3 Å². The number of aliphatic imine (C=N–C) groups is 1. The van der Waals surface area contributed by atoms with Gasteiger partial charge in [0.25, 0.3) is 0 Å². The second-order valence-electron chi connectivity index (χ2n) is 8.55. The van der Waals surface area contributed by atoms with Crippen molar-refractivity contribution < 1.29 is 14.6 Å². The number of fused-ring (bicyclic) bond motifs is 2. The molecule has 2 aromatic rings. The number of amidine groups is 1. The first-order valence-corrected chi connectivity index (χ1v) is 10.9. The molecule has 0 amide bonds. The van der Waals surface area contributed by atoms with Crippen LogP contribution in [0.4, 0.5) is 16.4 Å². The van der Waals surface area contributed by atoms with Crippen molar-refractivity contribution in [1.82, 2.24) is 9.80 Å². The number of aryl methyl sites for hydroxylation is 1. The first-order chi connectivity index (χ1) is 14.3. The number of nitrogens with one attached hydrogen (secondary N) is 1. The van der Waals surface area contributed by atoms with E-state index in [1.165, 1.54) is 5.56 Å². The zero-order valence-electron chi connectivity index (χ0n) is 17.9. The van der Waals surface area contributed by atoms with E-state index < -0.39 is 11.4 Å². The molecule has 160 valence electrons. The molecule has 7 nitrogen and oxygen atoms in total. The van der Waals surface area contributed by atoms with E-state index in [4.69, 9.17) is 9.73 Å². The maximum atomic E-state index is 11.5. The molecule has 8 heteroatoms. The molecule has 3 heterocycles. The minimum atomic E-state index is -0.758.